The molecule has 0 atom stereocenters. The van der Waals surface area contributed by atoms with E-state index in [-0.39, 0.29) is 22.3 Å². The van der Waals surface area contributed by atoms with Crippen molar-refractivity contribution in [1.29, 1.82) is 0 Å². The lowest BCUT2D eigenvalue weighted by Gasteiger charge is -2.26. The predicted molar refractivity (Wildman–Crippen MR) is 72.6 cm³/mol. The molecule has 10 heteroatoms. The summed E-state index contributed by atoms with van der Waals surface area (Å²) in [7, 11) is 0. The van der Waals surface area contributed by atoms with Gasteiger partial charge in [0.25, 0.3) is 0 Å². The van der Waals surface area contributed by atoms with Gasteiger partial charge in [0, 0.05) is 20.0 Å². The molecule has 1 aliphatic rings. The third kappa shape index (κ3) is 3.95. The van der Waals surface area contributed by atoms with Gasteiger partial charge in [-0.1, -0.05) is 0 Å². The van der Waals surface area contributed by atoms with Gasteiger partial charge in [0.05, 0.1) is 24.3 Å². The molecular weight excluding hydrogens is 300 g/mol. The standard InChI is InChI=1S/C11H14N4O5S/c1-8(16)12-11-14(7-10(21-11)15(18)19)6-9(17)13-2-4-20-5-3-13/h7H,2-6H2,1H3. The Morgan fingerprint density at radius 1 is 1.48 bits per heavy atom. The van der Waals surface area contributed by atoms with Gasteiger partial charge in [-0.2, -0.15) is 4.99 Å². The SMILES string of the molecule is CC(=O)N=c1sc([N+](=O)[O-])cn1CC(=O)N1CCOCC1. The zero-order valence-corrected chi connectivity index (χ0v) is 12.2. The molecule has 2 amide bonds. The van der Waals surface area contributed by atoms with E-state index in [9.17, 15) is 19.7 Å². The second-order valence-electron chi connectivity index (χ2n) is 4.36. The molecule has 0 aromatic carbocycles. The molecule has 0 radical (unpaired) electrons. The summed E-state index contributed by atoms with van der Waals surface area (Å²) in [6.45, 7) is 3.10. The van der Waals surface area contributed by atoms with Gasteiger partial charge in [-0.25, -0.2) is 0 Å². The number of aromatic nitrogens is 1. The van der Waals surface area contributed by atoms with Crippen LogP contribution in [-0.2, 0) is 20.9 Å². The van der Waals surface area contributed by atoms with Crippen LogP contribution in [0, 0.1) is 10.1 Å². The van der Waals surface area contributed by atoms with Crippen molar-refractivity contribution in [2.45, 2.75) is 13.5 Å². The van der Waals surface area contributed by atoms with E-state index in [1.807, 2.05) is 0 Å². The molecule has 1 saturated heterocycles. The van der Waals surface area contributed by atoms with Crippen molar-refractivity contribution in [1.82, 2.24) is 9.47 Å². The van der Waals surface area contributed by atoms with Gasteiger partial charge in [0.15, 0.2) is 4.80 Å². The van der Waals surface area contributed by atoms with Crippen molar-refractivity contribution in [3.05, 3.63) is 21.1 Å². The monoisotopic (exact) mass is 314 g/mol. The van der Waals surface area contributed by atoms with E-state index in [0.29, 0.717) is 26.3 Å². The Labute approximate surface area is 123 Å². The Kier molecular flexibility index (Phi) is 4.81. The number of morpholine rings is 1. The molecule has 0 N–H and O–H groups in total. The van der Waals surface area contributed by atoms with Crippen molar-refractivity contribution in [2.24, 2.45) is 4.99 Å². The number of hydrogen-bond donors (Lipinski definition) is 0. The number of carbonyl (C=O) groups excluding carboxylic acids is 2. The van der Waals surface area contributed by atoms with Gasteiger partial charge in [0.2, 0.25) is 11.8 Å². The average molecular weight is 314 g/mol. The van der Waals surface area contributed by atoms with E-state index in [2.05, 4.69) is 4.99 Å². The lowest BCUT2D eigenvalue weighted by molar-refractivity contribution is -0.380. The Morgan fingerprint density at radius 2 is 2.14 bits per heavy atom. The minimum absolute atomic E-state index is 0.0869. The number of hydrogen-bond acceptors (Lipinski definition) is 6. The van der Waals surface area contributed by atoms with E-state index in [1.165, 1.54) is 17.7 Å². The van der Waals surface area contributed by atoms with E-state index < -0.39 is 10.8 Å². The molecule has 2 heterocycles. The second-order valence-corrected chi connectivity index (χ2v) is 5.35. The molecular formula is C11H14N4O5S. The topological polar surface area (TPSA) is 107 Å². The van der Waals surface area contributed by atoms with Crippen LogP contribution in [0.1, 0.15) is 6.92 Å². The lowest BCUT2D eigenvalue weighted by atomic mass is 10.4. The van der Waals surface area contributed by atoms with Crippen LogP contribution < -0.4 is 4.80 Å². The summed E-state index contributed by atoms with van der Waals surface area (Å²) < 4.78 is 6.50. The van der Waals surface area contributed by atoms with E-state index in [1.54, 1.807) is 4.90 Å². The Morgan fingerprint density at radius 3 is 2.71 bits per heavy atom. The highest BCUT2D eigenvalue weighted by atomic mass is 32.1. The Bertz CT molecular complexity index is 629. The molecule has 1 aromatic heterocycles. The van der Waals surface area contributed by atoms with Crippen LogP contribution in [0.25, 0.3) is 0 Å². The molecule has 1 aromatic rings. The Hall–Kier alpha value is -2.07. The summed E-state index contributed by atoms with van der Waals surface area (Å²) >= 11 is 0.766. The van der Waals surface area contributed by atoms with Crippen LogP contribution in [-0.4, -0.2) is 52.5 Å². The summed E-state index contributed by atoms with van der Waals surface area (Å²) in [4.78, 5) is 38.9. The highest BCUT2D eigenvalue weighted by Gasteiger charge is 2.20. The number of amides is 2. The molecule has 1 fully saturated rings. The lowest BCUT2D eigenvalue weighted by Crippen LogP contribution is -2.43. The first-order valence-electron chi connectivity index (χ1n) is 6.23. The molecule has 0 spiro atoms. The molecule has 1 aliphatic heterocycles. The zero-order valence-electron chi connectivity index (χ0n) is 11.4. The number of thiazole rings is 1. The van der Waals surface area contributed by atoms with Crippen LogP contribution in [0.2, 0.25) is 0 Å². The third-order valence-corrected chi connectivity index (χ3v) is 3.78. The summed E-state index contributed by atoms with van der Waals surface area (Å²) in [5.74, 6) is -0.657. The zero-order chi connectivity index (χ0) is 15.4. The van der Waals surface area contributed by atoms with Crippen molar-refractivity contribution in [3.8, 4) is 0 Å². The number of rotatable bonds is 3. The van der Waals surface area contributed by atoms with E-state index in [4.69, 9.17) is 4.74 Å². The van der Waals surface area contributed by atoms with Gasteiger partial charge in [-0.15, -0.1) is 0 Å². The smallest absolute Gasteiger partial charge is 0.343 e. The molecule has 0 unspecified atom stereocenters. The fourth-order valence-corrected chi connectivity index (χ4v) is 2.70. The van der Waals surface area contributed by atoms with E-state index >= 15 is 0 Å². The molecule has 0 bridgehead atoms. The maximum absolute atomic E-state index is 12.1. The van der Waals surface area contributed by atoms with Crippen LogP contribution in [0.3, 0.4) is 0 Å². The minimum Gasteiger partial charge on any atom is -0.378 e. The van der Waals surface area contributed by atoms with Gasteiger partial charge < -0.3 is 14.2 Å². The van der Waals surface area contributed by atoms with Gasteiger partial charge in [-0.05, 0) is 11.3 Å². The highest BCUT2D eigenvalue weighted by molar-refractivity contribution is 7.12. The van der Waals surface area contributed by atoms with Crippen LogP contribution in [0.5, 0.6) is 0 Å². The molecule has 0 aliphatic carbocycles. The van der Waals surface area contributed by atoms with Crippen molar-refractivity contribution >= 4 is 28.2 Å². The van der Waals surface area contributed by atoms with Crippen molar-refractivity contribution in [2.75, 3.05) is 26.3 Å². The first-order chi connectivity index (χ1) is 9.97. The van der Waals surface area contributed by atoms with Crippen LogP contribution in [0.4, 0.5) is 5.00 Å². The quantitative estimate of drug-likeness (QED) is 0.565. The largest absolute Gasteiger partial charge is 0.378 e. The second kappa shape index (κ2) is 6.59. The summed E-state index contributed by atoms with van der Waals surface area (Å²) in [5, 5.41) is 10.6. The molecule has 9 nitrogen and oxygen atoms in total. The highest BCUT2D eigenvalue weighted by Crippen LogP contribution is 2.14. The predicted octanol–water partition coefficient (Wildman–Crippen LogP) is -0.236. The maximum Gasteiger partial charge on any atom is 0.343 e. The van der Waals surface area contributed by atoms with Crippen molar-refractivity contribution in [3.63, 3.8) is 0 Å². The maximum atomic E-state index is 12.1. The van der Waals surface area contributed by atoms with Gasteiger partial charge in [0.1, 0.15) is 6.54 Å². The Balaban J connectivity index is 2.23. The minimum atomic E-state index is -0.570. The fourth-order valence-electron chi connectivity index (χ4n) is 1.84. The van der Waals surface area contributed by atoms with Gasteiger partial charge in [-0.3, -0.25) is 19.7 Å². The molecule has 2 rings (SSSR count). The number of carbonyl (C=O) groups is 2. The number of nitro groups is 1. The third-order valence-electron chi connectivity index (χ3n) is 2.81. The van der Waals surface area contributed by atoms with Crippen LogP contribution in [0.15, 0.2) is 11.2 Å². The van der Waals surface area contributed by atoms with Crippen LogP contribution >= 0.6 is 11.3 Å². The fraction of sp³-hybridized carbons (Fsp3) is 0.545. The summed E-state index contributed by atoms with van der Waals surface area (Å²) in [6.07, 6.45) is 1.23. The molecule has 0 saturated carbocycles. The number of ether oxygens (including phenoxy) is 1. The normalized spacial score (nSPS) is 16.0. The number of nitrogens with zero attached hydrogens (tertiary/aromatic N) is 4. The first-order valence-corrected chi connectivity index (χ1v) is 7.04. The van der Waals surface area contributed by atoms with Gasteiger partial charge >= 0.3 is 5.00 Å². The average Bonchev–Trinajstić information content (AvgIpc) is 2.82. The molecule has 114 valence electrons. The molecule has 21 heavy (non-hydrogen) atoms. The summed E-state index contributed by atoms with van der Waals surface area (Å²) in [5.41, 5.74) is 0. The summed E-state index contributed by atoms with van der Waals surface area (Å²) in [6, 6.07) is 0. The first kappa shape index (κ1) is 15.3. The van der Waals surface area contributed by atoms with E-state index in [0.717, 1.165) is 11.3 Å². The van der Waals surface area contributed by atoms with Crippen molar-refractivity contribution < 1.29 is 19.2 Å².